The Morgan fingerprint density at radius 3 is 2.78 bits per heavy atom. The van der Waals surface area contributed by atoms with Crippen molar-refractivity contribution in [2.24, 2.45) is 0 Å². The van der Waals surface area contributed by atoms with Crippen LogP contribution in [0.25, 0.3) is 10.2 Å². The lowest BCUT2D eigenvalue weighted by molar-refractivity contribution is 0.0497. The molecule has 0 saturated carbocycles. The van der Waals surface area contributed by atoms with Crippen LogP contribution in [0.3, 0.4) is 0 Å². The van der Waals surface area contributed by atoms with E-state index in [1.54, 1.807) is 17.7 Å². The van der Waals surface area contributed by atoms with Crippen molar-refractivity contribution in [1.82, 2.24) is 15.3 Å². The van der Waals surface area contributed by atoms with Gasteiger partial charge in [-0.25, -0.2) is 14.8 Å². The van der Waals surface area contributed by atoms with E-state index in [0.717, 1.165) is 42.0 Å². The zero-order valence-corrected chi connectivity index (χ0v) is 14.5. The van der Waals surface area contributed by atoms with E-state index in [4.69, 9.17) is 4.74 Å². The fraction of sp³-hybridized carbons (Fsp3) is 0.562. The van der Waals surface area contributed by atoms with Gasteiger partial charge in [0.25, 0.3) is 0 Å². The third kappa shape index (κ3) is 3.90. The number of carbonyl (C=O) groups is 1. The normalized spacial score (nSPS) is 16.6. The van der Waals surface area contributed by atoms with Gasteiger partial charge in [0.15, 0.2) is 0 Å². The Hall–Kier alpha value is -1.89. The number of piperidine rings is 1. The second-order valence-corrected chi connectivity index (χ2v) is 7.66. The van der Waals surface area contributed by atoms with Crippen LogP contribution < -0.4 is 10.2 Å². The van der Waals surface area contributed by atoms with E-state index in [1.807, 2.05) is 32.2 Å². The first-order valence-corrected chi connectivity index (χ1v) is 8.73. The summed E-state index contributed by atoms with van der Waals surface area (Å²) in [5, 5.41) is 5.00. The van der Waals surface area contributed by atoms with E-state index in [9.17, 15) is 4.79 Å². The van der Waals surface area contributed by atoms with E-state index in [2.05, 4.69) is 20.2 Å². The van der Waals surface area contributed by atoms with Crippen LogP contribution in [0.4, 0.5) is 10.6 Å². The maximum atomic E-state index is 11.9. The molecule has 0 unspecified atom stereocenters. The molecule has 2 aromatic rings. The fourth-order valence-corrected chi connectivity index (χ4v) is 3.57. The van der Waals surface area contributed by atoms with Gasteiger partial charge in [-0.2, -0.15) is 0 Å². The van der Waals surface area contributed by atoms with Crippen LogP contribution in [0.1, 0.15) is 33.6 Å². The topological polar surface area (TPSA) is 67.3 Å². The molecule has 0 aromatic carbocycles. The number of aromatic nitrogens is 2. The Morgan fingerprint density at radius 1 is 1.35 bits per heavy atom. The first kappa shape index (κ1) is 16.0. The molecule has 1 aliphatic heterocycles. The van der Waals surface area contributed by atoms with Crippen LogP contribution in [-0.4, -0.2) is 40.8 Å². The molecule has 6 nitrogen and oxygen atoms in total. The second-order valence-electron chi connectivity index (χ2n) is 6.74. The molecule has 1 N–H and O–H groups in total. The average molecular weight is 334 g/mol. The van der Waals surface area contributed by atoms with Crippen LogP contribution in [0.5, 0.6) is 0 Å². The molecule has 0 aliphatic carbocycles. The van der Waals surface area contributed by atoms with Gasteiger partial charge in [-0.05, 0) is 45.1 Å². The molecular formula is C16H22N4O2S. The summed E-state index contributed by atoms with van der Waals surface area (Å²) in [7, 11) is 0. The number of rotatable bonds is 2. The van der Waals surface area contributed by atoms with Crippen molar-refractivity contribution in [3.8, 4) is 0 Å². The molecule has 1 saturated heterocycles. The number of anilines is 1. The minimum Gasteiger partial charge on any atom is -0.444 e. The predicted molar refractivity (Wildman–Crippen MR) is 92.0 cm³/mol. The lowest BCUT2D eigenvalue weighted by Crippen LogP contribution is -2.46. The number of hydrogen-bond donors (Lipinski definition) is 1. The van der Waals surface area contributed by atoms with Crippen molar-refractivity contribution in [2.45, 2.75) is 45.3 Å². The lowest BCUT2D eigenvalue weighted by atomic mass is 10.1. The lowest BCUT2D eigenvalue weighted by Gasteiger charge is -2.33. The Morgan fingerprint density at radius 2 is 2.09 bits per heavy atom. The fourth-order valence-electron chi connectivity index (χ4n) is 2.71. The summed E-state index contributed by atoms with van der Waals surface area (Å²) in [6.07, 6.45) is 3.06. The SMILES string of the molecule is CC(C)(C)OC(=O)NC1CCN(c2ncnc3ccsc23)CC1. The van der Waals surface area contributed by atoms with Gasteiger partial charge in [-0.3, -0.25) is 0 Å². The summed E-state index contributed by atoms with van der Waals surface area (Å²) in [4.78, 5) is 22.9. The molecule has 1 fully saturated rings. The van der Waals surface area contributed by atoms with Gasteiger partial charge in [0, 0.05) is 19.1 Å². The summed E-state index contributed by atoms with van der Waals surface area (Å²) >= 11 is 1.67. The number of fused-ring (bicyclic) bond motifs is 1. The third-order valence-electron chi connectivity index (χ3n) is 3.74. The minimum absolute atomic E-state index is 0.154. The van der Waals surface area contributed by atoms with E-state index in [1.165, 1.54) is 0 Å². The zero-order chi connectivity index (χ0) is 16.4. The van der Waals surface area contributed by atoms with Gasteiger partial charge in [0.2, 0.25) is 0 Å². The number of thiophene rings is 1. The van der Waals surface area contributed by atoms with E-state index in [-0.39, 0.29) is 12.1 Å². The van der Waals surface area contributed by atoms with Crippen molar-refractivity contribution in [3.05, 3.63) is 17.8 Å². The maximum Gasteiger partial charge on any atom is 0.407 e. The standard InChI is InChI=1S/C16H22N4O2S/c1-16(2,3)22-15(21)19-11-4-7-20(8-5-11)14-13-12(6-9-23-13)17-10-18-14/h6,9-11H,4-5,7-8H2,1-3H3,(H,19,21). The van der Waals surface area contributed by atoms with E-state index < -0.39 is 5.60 Å². The van der Waals surface area contributed by atoms with Crippen molar-refractivity contribution in [2.75, 3.05) is 18.0 Å². The summed E-state index contributed by atoms with van der Waals surface area (Å²) in [6.45, 7) is 7.35. The minimum atomic E-state index is -0.462. The van der Waals surface area contributed by atoms with Gasteiger partial charge in [0.05, 0.1) is 10.2 Å². The molecule has 0 spiro atoms. The highest BCUT2D eigenvalue weighted by atomic mass is 32.1. The number of nitrogens with one attached hydrogen (secondary N) is 1. The first-order chi connectivity index (χ1) is 10.9. The molecule has 2 aromatic heterocycles. The van der Waals surface area contributed by atoms with Crippen LogP contribution in [-0.2, 0) is 4.74 Å². The third-order valence-corrected chi connectivity index (χ3v) is 4.64. The maximum absolute atomic E-state index is 11.9. The molecule has 3 heterocycles. The molecule has 124 valence electrons. The largest absolute Gasteiger partial charge is 0.444 e. The summed E-state index contributed by atoms with van der Waals surface area (Å²) < 4.78 is 6.45. The summed E-state index contributed by atoms with van der Waals surface area (Å²) in [6, 6.07) is 2.17. The number of amides is 1. The van der Waals surface area contributed by atoms with Crippen molar-refractivity contribution < 1.29 is 9.53 Å². The summed E-state index contributed by atoms with van der Waals surface area (Å²) in [5.74, 6) is 1.00. The molecule has 0 radical (unpaired) electrons. The molecule has 3 rings (SSSR count). The number of ether oxygens (including phenoxy) is 1. The quantitative estimate of drug-likeness (QED) is 0.913. The van der Waals surface area contributed by atoms with Crippen molar-refractivity contribution in [3.63, 3.8) is 0 Å². The highest BCUT2D eigenvalue weighted by Crippen LogP contribution is 2.29. The summed E-state index contributed by atoms with van der Waals surface area (Å²) in [5.41, 5.74) is 0.533. The Balaban J connectivity index is 1.58. The van der Waals surface area contributed by atoms with Gasteiger partial charge in [-0.15, -0.1) is 11.3 Å². The van der Waals surface area contributed by atoms with Crippen LogP contribution in [0.2, 0.25) is 0 Å². The van der Waals surface area contributed by atoms with Gasteiger partial charge in [0.1, 0.15) is 17.7 Å². The highest BCUT2D eigenvalue weighted by Gasteiger charge is 2.25. The van der Waals surface area contributed by atoms with Crippen LogP contribution in [0, 0.1) is 0 Å². The highest BCUT2D eigenvalue weighted by molar-refractivity contribution is 7.17. The molecular weight excluding hydrogens is 312 g/mol. The molecule has 0 atom stereocenters. The molecule has 1 aliphatic rings. The monoisotopic (exact) mass is 334 g/mol. The second kappa shape index (κ2) is 6.31. The van der Waals surface area contributed by atoms with Crippen LogP contribution >= 0.6 is 11.3 Å². The van der Waals surface area contributed by atoms with Gasteiger partial charge in [-0.1, -0.05) is 0 Å². The molecule has 1 amide bonds. The van der Waals surface area contributed by atoms with Gasteiger partial charge >= 0.3 is 6.09 Å². The smallest absolute Gasteiger partial charge is 0.407 e. The van der Waals surface area contributed by atoms with Crippen molar-refractivity contribution >= 4 is 33.5 Å². The Labute approximate surface area is 139 Å². The van der Waals surface area contributed by atoms with Gasteiger partial charge < -0.3 is 15.0 Å². The number of alkyl carbamates (subject to hydrolysis) is 1. The van der Waals surface area contributed by atoms with Crippen molar-refractivity contribution in [1.29, 1.82) is 0 Å². The molecule has 0 bridgehead atoms. The average Bonchev–Trinajstić information content (AvgIpc) is 2.94. The van der Waals surface area contributed by atoms with E-state index in [0.29, 0.717) is 0 Å². The Kier molecular flexibility index (Phi) is 4.39. The molecule has 7 heteroatoms. The number of carbonyl (C=O) groups excluding carboxylic acids is 1. The molecule has 23 heavy (non-hydrogen) atoms. The predicted octanol–water partition coefficient (Wildman–Crippen LogP) is 3.18. The zero-order valence-electron chi connectivity index (χ0n) is 13.7. The first-order valence-electron chi connectivity index (χ1n) is 7.85. The van der Waals surface area contributed by atoms with Crippen LogP contribution in [0.15, 0.2) is 17.8 Å². The number of nitrogens with zero attached hydrogens (tertiary/aromatic N) is 3. The number of hydrogen-bond acceptors (Lipinski definition) is 6. The van der Waals surface area contributed by atoms with E-state index >= 15 is 0 Å². The Bertz CT molecular complexity index is 687.